The highest BCUT2D eigenvalue weighted by atomic mass is 35.5. The minimum Gasteiger partial charge on any atom is -0.339 e. The van der Waals surface area contributed by atoms with E-state index in [0.29, 0.717) is 16.9 Å². The summed E-state index contributed by atoms with van der Waals surface area (Å²) in [7, 11) is 0. The van der Waals surface area contributed by atoms with Crippen LogP contribution < -0.4 is 0 Å². The monoisotopic (exact) mass is 417 g/mol. The fraction of sp³-hybridized carbons (Fsp3) is 0.217. The minimum absolute atomic E-state index is 0.00495. The number of aromatic nitrogens is 4. The van der Waals surface area contributed by atoms with Crippen LogP contribution in [0.1, 0.15) is 29.6 Å². The van der Waals surface area contributed by atoms with Gasteiger partial charge >= 0.3 is 0 Å². The first-order chi connectivity index (χ1) is 14.7. The van der Waals surface area contributed by atoms with Crippen LogP contribution in [0.5, 0.6) is 0 Å². The van der Waals surface area contributed by atoms with Gasteiger partial charge in [-0.1, -0.05) is 41.9 Å². The van der Waals surface area contributed by atoms with Crippen molar-refractivity contribution in [2.24, 2.45) is 0 Å². The molecule has 4 aromatic rings. The minimum atomic E-state index is -0.00495. The number of rotatable bonds is 3. The van der Waals surface area contributed by atoms with Gasteiger partial charge in [0.05, 0.1) is 23.1 Å². The molecule has 0 aliphatic carbocycles. The molecule has 6 nitrogen and oxygen atoms in total. The maximum Gasteiger partial charge on any atom is 0.254 e. The Bertz CT molecular complexity index is 1210. The fourth-order valence-electron chi connectivity index (χ4n) is 3.86. The fourth-order valence-corrected chi connectivity index (χ4v) is 4.07. The number of hydrogen-bond acceptors (Lipinski definition) is 4. The van der Waals surface area contributed by atoms with Gasteiger partial charge in [-0.15, -0.1) is 0 Å². The second-order valence-corrected chi connectivity index (χ2v) is 7.81. The highest BCUT2D eigenvalue weighted by Gasteiger charge is 2.21. The summed E-state index contributed by atoms with van der Waals surface area (Å²) < 4.78 is 1.70. The molecule has 3 aromatic heterocycles. The zero-order chi connectivity index (χ0) is 20.5. The smallest absolute Gasteiger partial charge is 0.254 e. The van der Waals surface area contributed by atoms with Gasteiger partial charge in [0, 0.05) is 30.4 Å². The molecule has 0 saturated carbocycles. The van der Waals surface area contributed by atoms with Crippen molar-refractivity contribution in [3.63, 3.8) is 0 Å². The third-order valence-corrected chi connectivity index (χ3v) is 5.59. The van der Waals surface area contributed by atoms with Gasteiger partial charge in [-0.25, -0.2) is 14.5 Å². The highest BCUT2D eigenvalue weighted by molar-refractivity contribution is 6.30. The van der Waals surface area contributed by atoms with Gasteiger partial charge in [0.2, 0.25) is 0 Å². The van der Waals surface area contributed by atoms with Crippen molar-refractivity contribution in [1.29, 1.82) is 0 Å². The first kappa shape index (κ1) is 18.8. The molecule has 7 heteroatoms. The lowest BCUT2D eigenvalue weighted by molar-refractivity contribution is 0.0724. The number of amides is 1. The molecule has 0 N–H and O–H groups in total. The Morgan fingerprint density at radius 2 is 1.73 bits per heavy atom. The molecule has 150 valence electrons. The number of hydrogen-bond donors (Lipinski definition) is 0. The lowest BCUT2D eigenvalue weighted by atomic mass is 10.1. The summed E-state index contributed by atoms with van der Waals surface area (Å²) in [5.41, 5.74) is 4.41. The van der Waals surface area contributed by atoms with Crippen LogP contribution in [-0.2, 0) is 0 Å². The Labute approximate surface area is 179 Å². The molecule has 0 unspecified atom stereocenters. The topological polar surface area (TPSA) is 63.4 Å². The van der Waals surface area contributed by atoms with Crippen molar-refractivity contribution < 1.29 is 4.79 Å². The number of halogens is 1. The lowest BCUT2D eigenvalue weighted by Gasteiger charge is -2.26. The Hall–Kier alpha value is -3.25. The van der Waals surface area contributed by atoms with Gasteiger partial charge < -0.3 is 4.90 Å². The van der Waals surface area contributed by atoms with Gasteiger partial charge in [-0.3, -0.25) is 4.79 Å². The third-order valence-electron chi connectivity index (χ3n) is 5.40. The summed E-state index contributed by atoms with van der Waals surface area (Å²) in [6, 6.07) is 15.3. The van der Waals surface area contributed by atoms with E-state index in [0.717, 1.165) is 42.8 Å². The number of benzene rings is 1. The summed E-state index contributed by atoms with van der Waals surface area (Å²) >= 11 is 6.30. The SMILES string of the molecule is O=C(c1cc(Cl)nc(-c2cnn3ccc(-c4ccccc4)nc23)c1)N1CCCCC1. The molecule has 0 spiro atoms. The molecule has 0 atom stereocenters. The first-order valence-corrected chi connectivity index (χ1v) is 10.4. The average Bonchev–Trinajstić information content (AvgIpc) is 3.23. The molecule has 1 amide bonds. The summed E-state index contributed by atoms with van der Waals surface area (Å²) in [5, 5.41) is 4.68. The van der Waals surface area contributed by atoms with Gasteiger partial charge in [0.15, 0.2) is 5.65 Å². The Morgan fingerprint density at radius 1 is 0.933 bits per heavy atom. The van der Waals surface area contributed by atoms with Crippen LogP contribution in [0.3, 0.4) is 0 Å². The van der Waals surface area contributed by atoms with E-state index in [-0.39, 0.29) is 11.1 Å². The summed E-state index contributed by atoms with van der Waals surface area (Å²) in [6.45, 7) is 1.57. The van der Waals surface area contributed by atoms with E-state index in [1.54, 1.807) is 22.8 Å². The van der Waals surface area contributed by atoms with Crippen LogP contribution in [0.4, 0.5) is 0 Å². The van der Waals surface area contributed by atoms with Crippen molar-refractivity contribution in [3.8, 4) is 22.5 Å². The maximum absolute atomic E-state index is 13.0. The van der Waals surface area contributed by atoms with Gasteiger partial charge in [0.1, 0.15) is 5.15 Å². The largest absolute Gasteiger partial charge is 0.339 e. The van der Waals surface area contributed by atoms with E-state index >= 15 is 0 Å². The Kier molecular flexibility index (Phi) is 4.93. The molecule has 5 rings (SSSR count). The molecule has 1 aliphatic heterocycles. The maximum atomic E-state index is 13.0. The molecule has 0 bridgehead atoms. The Morgan fingerprint density at radius 3 is 2.53 bits per heavy atom. The van der Waals surface area contributed by atoms with Crippen LogP contribution in [0, 0.1) is 0 Å². The number of pyridine rings is 1. The van der Waals surface area contributed by atoms with Crippen LogP contribution >= 0.6 is 11.6 Å². The van der Waals surface area contributed by atoms with Crippen molar-refractivity contribution in [3.05, 3.63) is 71.6 Å². The average molecular weight is 418 g/mol. The molecule has 1 fully saturated rings. The van der Waals surface area contributed by atoms with Crippen LogP contribution in [0.2, 0.25) is 5.15 Å². The lowest BCUT2D eigenvalue weighted by Crippen LogP contribution is -2.35. The molecule has 1 aliphatic rings. The van der Waals surface area contributed by atoms with Crippen molar-refractivity contribution >= 4 is 23.2 Å². The molecule has 1 saturated heterocycles. The van der Waals surface area contributed by atoms with Crippen molar-refractivity contribution in [2.45, 2.75) is 19.3 Å². The van der Waals surface area contributed by atoms with Crippen LogP contribution in [-0.4, -0.2) is 43.5 Å². The van der Waals surface area contributed by atoms with E-state index in [1.165, 1.54) is 6.42 Å². The zero-order valence-electron chi connectivity index (χ0n) is 16.3. The summed E-state index contributed by atoms with van der Waals surface area (Å²) in [6.07, 6.45) is 6.84. The van der Waals surface area contributed by atoms with Crippen LogP contribution in [0.15, 0.2) is 60.9 Å². The second-order valence-electron chi connectivity index (χ2n) is 7.42. The summed E-state index contributed by atoms with van der Waals surface area (Å²) in [5.74, 6) is -0.00495. The van der Waals surface area contributed by atoms with Crippen molar-refractivity contribution in [2.75, 3.05) is 13.1 Å². The van der Waals surface area contributed by atoms with E-state index < -0.39 is 0 Å². The number of likely N-dealkylation sites (tertiary alicyclic amines) is 1. The Balaban J connectivity index is 1.56. The summed E-state index contributed by atoms with van der Waals surface area (Å²) in [4.78, 5) is 24.1. The van der Waals surface area contributed by atoms with E-state index in [2.05, 4.69) is 10.1 Å². The number of nitrogens with zero attached hydrogens (tertiary/aromatic N) is 5. The zero-order valence-corrected chi connectivity index (χ0v) is 17.1. The predicted molar refractivity (Wildman–Crippen MR) is 116 cm³/mol. The van der Waals surface area contributed by atoms with Gasteiger partial charge in [-0.2, -0.15) is 5.10 Å². The molecule has 0 radical (unpaired) electrons. The third kappa shape index (κ3) is 3.55. The number of piperidine rings is 1. The number of fused-ring (bicyclic) bond motifs is 1. The molecule has 30 heavy (non-hydrogen) atoms. The normalized spacial score (nSPS) is 14.2. The molecular weight excluding hydrogens is 398 g/mol. The molecular formula is C23H20ClN5O. The second kappa shape index (κ2) is 7.88. The highest BCUT2D eigenvalue weighted by Crippen LogP contribution is 2.27. The van der Waals surface area contributed by atoms with E-state index in [4.69, 9.17) is 16.6 Å². The number of carbonyl (C=O) groups is 1. The van der Waals surface area contributed by atoms with Gasteiger partial charge in [0.25, 0.3) is 5.91 Å². The van der Waals surface area contributed by atoms with Crippen molar-refractivity contribution in [1.82, 2.24) is 24.5 Å². The predicted octanol–water partition coefficient (Wildman–Crippen LogP) is 4.74. The number of carbonyl (C=O) groups excluding carboxylic acids is 1. The van der Waals surface area contributed by atoms with E-state index in [9.17, 15) is 4.79 Å². The van der Waals surface area contributed by atoms with E-state index in [1.807, 2.05) is 47.5 Å². The molecule has 1 aromatic carbocycles. The first-order valence-electron chi connectivity index (χ1n) is 10.1. The quantitative estimate of drug-likeness (QED) is 0.452. The standard InChI is InChI=1S/C23H20ClN5O/c24-21-14-17(23(30)28-10-5-2-6-11-28)13-20(26-21)18-15-25-29-12-9-19(27-22(18)29)16-7-3-1-4-8-16/h1,3-4,7-9,12-15H,2,5-6,10-11H2. The van der Waals surface area contributed by atoms with Gasteiger partial charge in [-0.05, 0) is 37.5 Å². The molecule has 4 heterocycles. The van der Waals surface area contributed by atoms with Crippen LogP contribution in [0.25, 0.3) is 28.2 Å².